The Hall–Kier alpha value is -2.69. The lowest BCUT2D eigenvalue weighted by molar-refractivity contribution is -0.344. The number of benzene rings is 3. The van der Waals surface area contributed by atoms with Crippen LogP contribution in [0.4, 0.5) is 13.2 Å². The first-order chi connectivity index (χ1) is 14.3. The molecule has 0 unspecified atom stereocenters. The van der Waals surface area contributed by atoms with Crippen LogP contribution >= 0.6 is 7.26 Å². The quantitative estimate of drug-likeness (QED) is 0.607. The number of carbonyl (C=O) groups excluding carboxylic acids is 1. The summed E-state index contributed by atoms with van der Waals surface area (Å²) >= 11 is 0. The van der Waals surface area contributed by atoms with Crippen LogP contribution in [0, 0.1) is 0 Å². The molecule has 0 atom stereocenters. The fourth-order valence-electron chi connectivity index (χ4n) is 3.19. The van der Waals surface area contributed by atoms with Crippen LogP contribution < -0.4 is 21.0 Å². The number of hydrogen-bond acceptors (Lipinski definition) is 3. The van der Waals surface area contributed by atoms with Crippen molar-refractivity contribution in [2.45, 2.75) is 12.6 Å². The minimum absolute atomic E-state index is 0.230. The number of halogens is 3. The molecule has 0 aromatic heterocycles. The summed E-state index contributed by atoms with van der Waals surface area (Å²) in [5, 5.41) is 22.4. The summed E-state index contributed by atoms with van der Waals surface area (Å²) in [6, 6.07) is 32.4. The molecule has 3 aromatic rings. The van der Waals surface area contributed by atoms with E-state index in [2.05, 4.69) is 91.0 Å². The van der Waals surface area contributed by atoms with Gasteiger partial charge in [-0.25, -0.2) is 0 Å². The van der Waals surface area contributed by atoms with Gasteiger partial charge in [0.1, 0.15) is 29.1 Å². The smallest absolute Gasteiger partial charge is 0.430 e. The minimum Gasteiger partial charge on any atom is -0.542 e. The second-order valence-electron chi connectivity index (χ2n) is 6.40. The second-order valence-corrected chi connectivity index (χ2v) is 10.0. The first-order valence-corrected chi connectivity index (χ1v) is 11.2. The van der Waals surface area contributed by atoms with Gasteiger partial charge in [0.2, 0.25) is 0 Å². The molecule has 7 heteroatoms. The Morgan fingerprint density at radius 3 is 1.30 bits per heavy atom. The van der Waals surface area contributed by atoms with Gasteiger partial charge in [-0.05, 0) is 36.4 Å². The third-order valence-electron chi connectivity index (χ3n) is 4.47. The summed E-state index contributed by atoms with van der Waals surface area (Å²) in [6.45, 7) is 0.230. The number of alkyl halides is 3. The van der Waals surface area contributed by atoms with Crippen LogP contribution in [-0.4, -0.2) is 30.0 Å². The molecule has 3 aromatic carbocycles. The summed E-state index contributed by atoms with van der Waals surface area (Å²) in [5.41, 5.74) is 0. The predicted molar refractivity (Wildman–Crippen MR) is 113 cm³/mol. The lowest BCUT2D eigenvalue weighted by Gasteiger charge is -2.27. The largest absolute Gasteiger partial charge is 0.542 e. The highest BCUT2D eigenvalue weighted by atomic mass is 31.2. The number of carbonyl (C=O) groups is 1. The maximum atomic E-state index is 10.5. The normalized spacial score (nSPS) is 11.3. The van der Waals surface area contributed by atoms with Crippen LogP contribution in [0.2, 0.25) is 0 Å². The monoisotopic (exact) mass is 434 g/mol. The van der Waals surface area contributed by atoms with Gasteiger partial charge in [-0.2, -0.15) is 13.2 Å². The average Bonchev–Trinajstić information content (AvgIpc) is 2.76. The van der Waals surface area contributed by atoms with Crippen molar-refractivity contribution in [1.29, 1.82) is 0 Å². The Bertz CT molecular complexity index is 805. The van der Waals surface area contributed by atoms with E-state index in [-0.39, 0.29) is 6.61 Å². The second kappa shape index (κ2) is 10.9. The van der Waals surface area contributed by atoms with Crippen LogP contribution in [0.1, 0.15) is 6.42 Å². The van der Waals surface area contributed by atoms with Crippen molar-refractivity contribution >= 4 is 29.1 Å². The van der Waals surface area contributed by atoms with Crippen LogP contribution in [0.25, 0.3) is 0 Å². The molecule has 0 radical (unpaired) electrons. The van der Waals surface area contributed by atoms with Gasteiger partial charge in [0, 0.05) is 13.0 Å². The molecule has 0 aliphatic heterocycles. The highest BCUT2D eigenvalue weighted by Crippen LogP contribution is 2.55. The van der Waals surface area contributed by atoms with E-state index in [9.17, 15) is 18.3 Å². The summed E-state index contributed by atoms with van der Waals surface area (Å²) in [6.07, 6.45) is -3.39. The highest BCUT2D eigenvalue weighted by Gasteiger charge is 2.44. The summed E-state index contributed by atoms with van der Waals surface area (Å²) in [4.78, 5) is 8.78. The summed E-state index contributed by atoms with van der Waals surface area (Å²) in [5.74, 6) is -3.01. The minimum atomic E-state index is -5.19. The molecule has 0 heterocycles. The van der Waals surface area contributed by atoms with Crippen molar-refractivity contribution in [1.82, 2.24) is 0 Å². The number of aliphatic hydroxyl groups is 1. The van der Waals surface area contributed by atoms with Crippen molar-refractivity contribution in [3.05, 3.63) is 91.0 Å². The molecular weight excluding hydrogens is 412 g/mol. The maximum Gasteiger partial charge on any atom is 0.430 e. The van der Waals surface area contributed by atoms with E-state index < -0.39 is 19.4 Å². The molecule has 158 valence electrons. The van der Waals surface area contributed by atoms with Crippen LogP contribution in [0.15, 0.2) is 91.0 Å². The molecule has 3 rings (SSSR count). The molecule has 0 aliphatic carbocycles. The third-order valence-corrected chi connectivity index (χ3v) is 9.00. The topological polar surface area (TPSA) is 60.4 Å². The number of hydrogen-bond donors (Lipinski definition) is 1. The molecular formula is C23H22F3O3P. The van der Waals surface area contributed by atoms with Gasteiger partial charge in [-0.15, -0.1) is 0 Å². The lowest BCUT2D eigenvalue weighted by Crippen LogP contribution is -2.37. The molecule has 1 N–H and O–H groups in total. The Labute approximate surface area is 174 Å². The van der Waals surface area contributed by atoms with E-state index in [1.54, 1.807) is 0 Å². The zero-order chi connectivity index (χ0) is 22.0. The first kappa shape index (κ1) is 23.6. The van der Waals surface area contributed by atoms with Gasteiger partial charge in [0.05, 0.1) is 6.16 Å². The molecule has 0 fully saturated rings. The number of carboxylic acid groups (broad SMARTS) is 1. The Morgan fingerprint density at radius 1 is 0.767 bits per heavy atom. The van der Waals surface area contributed by atoms with Crippen molar-refractivity contribution in [2.24, 2.45) is 0 Å². The van der Waals surface area contributed by atoms with Crippen molar-refractivity contribution in [3.63, 3.8) is 0 Å². The average molecular weight is 434 g/mol. The Morgan fingerprint density at radius 2 is 1.07 bits per heavy atom. The molecule has 0 saturated heterocycles. The van der Waals surface area contributed by atoms with Gasteiger partial charge in [-0.1, -0.05) is 54.6 Å². The Kier molecular flexibility index (Phi) is 8.58. The fraction of sp³-hybridized carbons (Fsp3) is 0.174. The zero-order valence-corrected chi connectivity index (χ0v) is 17.0. The summed E-state index contributed by atoms with van der Waals surface area (Å²) < 4.78 is 31.5. The van der Waals surface area contributed by atoms with Crippen molar-refractivity contribution < 1.29 is 28.2 Å². The first-order valence-electron chi connectivity index (χ1n) is 9.26. The van der Waals surface area contributed by atoms with Gasteiger partial charge < -0.3 is 15.0 Å². The van der Waals surface area contributed by atoms with Crippen molar-refractivity contribution in [3.8, 4) is 0 Å². The highest BCUT2D eigenvalue weighted by molar-refractivity contribution is 7.95. The zero-order valence-electron chi connectivity index (χ0n) is 16.1. The van der Waals surface area contributed by atoms with Crippen LogP contribution in [0.5, 0.6) is 0 Å². The lowest BCUT2D eigenvalue weighted by atomic mass is 10.4. The molecule has 0 aliphatic rings. The van der Waals surface area contributed by atoms with Crippen LogP contribution in [0.3, 0.4) is 0 Å². The molecule has 0 amide bonds. The molecule has 0 bridgehead atoms. The molecule has 3 nitrogen and oxygen atoms in total. The predicted octanol–water partition coefficient (Wildman–Crippen LogP) is 2.66. The van der Waals surface area contributed by atoms with Crippen LogP contribution in [-0.2, 0) is 4.79 Å². The van der Waals surface area contributed by atoms with E-state index in [1.165, 1.54) is 15.9 Å². The van der Waals surface area contributed by atoms with E-state index in [0.29, 0.717) is 0 Å². The van der Waals surface area contributed by atoms with Gasteiger partial charge >= 0.3 is 6.18 Å². The SMILES string of the molecule is O=C([O-])C(F)(F)F.OCCC[P+](c1ccccc1)(c1ccccc1)c1ccccc1. The third kappa shape index (κ3) is 5.91. The molecule has 0 saturated carbocycles. The van der Waals surface area contributed by atoms with E-state index in [4.69, 9.17) is 9.90 Å². The van der Waals surface area contributed by atoms with E-state index in [1.807, 2.05) is 0 Å². The molecule has 0 spiro atoms. The van der Waals surface area contributed by atoms with Crippen molar-refractivity contribution in [2.75, 3.05) is 12.8 Å². The summed E-state index contributed by atoms with van der Waals surface area (Å²) in [7, 11) is -1.73. The van der Waals surface area contributed by atoms with Gasteiger partial charge in [-0.3, -0.25) is 0 Å². The standard InChI is InChI=1S/C21H22OP.C2HF3O2/c22-17-10-18-23(19-11-4-1-5-12-19,20-13-6-2-7-14-20)21-15-8-3-9-16-21;3-2(4,5)1(6)7/h1-9,11-16,22H,10,17-18H2;(H,6,7)/q+1;/p-1. The van der Waals surface area contributed by atoms with E-state index >= 15 is 0 Å². The number of aliphatic carboxylic acids is 1. The Balaban J connectivity index is 0.000000396. The number of rotatable bonds is 6. The number of aliphatic hydroxyl groups excluding tert-OH is 1. The fourth-order valence-corrected chi connectivity index (χ4v) is 7.52. The van der Waals surface area contributed by atoms with Gasteiger partial charge in [0.15, 0.2) is 0 Å². The maximum absolute atomic E-state index is 10.5. The van der Waals surface area contributed by atoms with Gasteiger partial charge in [0.25, 0.3) is 0 Å². The number of carboxylic acids is 1. The molecule has 30 heavy (non-hydrogen) atoms. The van der Waals surface area contributed by atoms with E-state index in [0.717, 1.165) is 12.6 Å².